The number of hydrogen-bond donors (Lipinski definition) is 1. The quantitative estimate of drug-likeness (QED) is 0.841. The minimum absolute atomic E-state index is 0.0988. The van der Waals surface area contributed by atoms with Gasteiger partial charge in [0, 0.05) is 23.5 Å². The lowest BCUT2D eigenvalue weighted by molar-refractivity contribution is 0.0720. The molecule has 0 unspecified atom stereocenters. The van der Waals surface area contributed by atoms with Crippen LogP contribution in [0.5, 0.6) is 5.75 Å². The van der Waals surface area contributed by atoms with Gasteiger partial charge in [0.05, 0.1) is 32.0 Å². The summed E-state index contributed by atoms with van der Waals surface area (Å²) in [5.74, 6) is 0.689. The van der Waals surface area contributed by atoms with E-state index < -0.39 is 0 Å². The number of carbonyl (C=O) groups is 1. The monoisotopic (exact) mass is 286 g/mol. The van der Waals surface area contributed by atoms with Crippen molar-refractivity contribution in [3.8, 4) is 5.75 Å². The molecule has 7 heteroatoms. The fourth-order valence-corrected chi connectivity index (χ4v) is 2.66. The molecule has 7 nitrogen and oxygen atoms in total. The van der Waals surface area contributed by atoms with Crippen molar-refractivity contribution in [2.75, 3.05) is 13.2 Å². The van der Waals surface area contributed by atoms with Crippen LogP contribution in [0.25, 0.3) is 0 Å². The van der Waals surface area contributed by atoms with Crippen molar-refractivity contribution in [2.24, 2.45) is 0 Å². The maximum Gasteiger partial charge on any atom is 0.275 e. The number of carbonyl (C=O) groups excluding carboxylic acids is 1. The van der Waals surface area contributed by atoms with Gasteiger partial charge in [-0.05, 0) is 6.07 Å². The maximum absolute atomic E-state index is 12.7. The average Bonchev–Trinajstić information content (AvgIpc) is 3.03. The van der Waals surface area contributed by atoms with Gasteiger partial charge in [0.2, 0.25) is 0 Å². The summed E-state index contributed by atoms with van der Waals surface area (Å²) >= 11 is 0. The van der Waals surface area contributed by atoms with Crippen LogP contribution in [-0.2, 0) is 24.5 Å². The van der Waals surface area contributed by atoms with Crippen LogP contribution in [0.3, 0.4) is 0 Å². The van der Waals surface area contributed by atoms with E-state index >= 15 is 0 Å². The second-order valence-corrected chi connectivity index (χ2v) is 5.08. The molecule has 1 amide bonds. The highest BCUT2D eigenvalue weighted by atomic mass is 16.5. The fourth-order valence-electron chi connectivity index (χ4n) is 2.66. The van der Waals surface area contributed by atoms with Crippen molar-refractivity contribution in [3.63, 3.8) is 0 Å². The Hall–Kier alpha value is -2.41. The van der Waals surface area contributed by atoms with Crippen molar-refractivity contribution < 1.29 is 14.3 Å². The molecule has 0 atom stereocenters. The molecule has 0 saturated carbocycles. The molecular formula is C14H14N4O3. The van der Waals surface area contributed by atoms with Gasteiger partial charge in [-0.3, -0.25) is 14.9 Å². The number of fused-ring (bicyclic) bond motifs is 2. The van der Waals surface area contributed by atoms with Crippen molar-refractivity contribution in [1.82, 2.24) is 20.1 Å². The second kappa shape index (κ2) is 4.85. The van der Waals surface area contributed by atoms with Crippen molar-refractivity contribution in [3.05, 3.63) is 41.0 Å². The highest BCUT2D eigenvalue weighted by molar-refractivity contribution is 5.94. The number of nitrogens with one attached hydrogen (secondary N) is 1. The number of pyridine rings is 1. The summed E-state index contributed by atoms with van der Waals surface area (Å²) < 4.78 is 11.0. The van der Waals surface area contributed by atoms with Crippen molar-refractivity contribution in [1.29, 1.82) is 0 Å². The average molecular weight is 286 g/mol. The summed E-state index contributed by atoms with van der Waals surface area (Å²) in [5, 5.41) is 7.02. The summed E-state index contributed by atoms with van der Waals surface area (Å²) in [6.07, 6.45) is 3.42. The Kier molecular flexibility index (Phi) is 2.85. The van der Waals surface area contributed by atoms with Crippen LogP contribution in [0, 0.1) is 0 Å². The Labute approximate surface area is 120 Å². The third-order valence-electron chi connectivity index (χ3n) is 3.77. The fraction of sp³-hybridized carbons (Fsp3) is 0.357. The van der Waals surface area contributed by atoms with E-state index in [0.717, 1.165) is 22.6 Å². The normalized spacial score (nSPS) is 16.9. The Morgan fingerprint density at radius 3 is 3.29 bits per heavy atom. The van der Waals surface area contributed by atoms with E-state index in [1.54, 1.807) is 17.3 Å². The van der Waals surface area contributed by atoms with E-state index in [9.17, 15) is 4.79 Å². The first-order valence-electron chi connectivity index (χ1n) is 6.82. The molecule has 0 bridgehead atoms. The highest BCUT2D eigenvalue weighted by Gasteiger charge is 2.28. The lowest BCUT2D eigenvalue weighted by Crippen LogP contribution is -2.33. The molecule has 0 spiro atoms. The second-order valence-electron chi connectivity index (χ2n) is 5.08. The van der Waals surface area contributed by atoms with Gasteiger partial charge < -0.3 is 14.4 Å². The Morgan fingerprint density at radius 2 is 2.33 bits per heavy atom. The van der Waals surface area contributed by atoms with Crippen molar-refractivity contribution >= 4 is 5.91 Å². The molecule has 0 aliphatic carbocycles. The minimum Gasteiger partial charge on any atom is -0.491 e. The largest absolute Gasteiger partial charge is 0.491 e. The van der Waals surface area contributed by atoms with E-state index in [-0.39, 0.29) is 5.91 Å². The molecular weight excluding hydrogens is 272 g/mol. The van der Waals surface area contributed by atoms with Crippen LogP contribution in [0.15, 0.2) is 18.5 Å². The smallest absolute Gasteiger partial charge is 0.275 e. The molecule has 1 N–H and O–H groups in total. The minimum atomic E-state index is -0.0988. The number of aromatic nitrogens is 3. The number of H-pyrrole nitrogens is 1. The van der Waals surface area contributed by atoms with Crippen LogP contribution in [0.2, 0.25) is 0 Å². The standard InChI is InChI=1S/C14H14N4O3/c19-14(13-10-7-20-8-11(10)16-17-13)18-3-4-21-12-1-2-15-5-9(12)6-18/h1-2,5H,3-4,6-8H2,(H,16,17). The lowest BCUT2D eigenvalue weighted by atomic mass is 10.2. The molecule has 2 aromatic rings. The van der Waals surface area contributed by atoms with Gasteiger partial charge in [-0.2, -0.15) is 5.10 Å². The molecule has 0 saturated heterocycles. The van der Waals surface area contributed by atoms with Crippen molar-refractivity contribution in [2.45, 2.75) is 19.8 Å². The SMILES string of the molecule is O=C(c1n[nH]c2c1COC2)N1CCOc2ccncc2C1. The number of amides is 1. The van der Waals surface area contributed by atoms with Crippen LogP contribution in [-0.4, -0.2) is 39.1 Å². The molecule has 2 aromatic heterocycles. The topological polar surface area (TPSA) is 80.3 Å². The summed E-state index contributed by atoms with van der Waals surface area (Å²) in [6, 6.07) is 1.82. The van der Waals surface area contributed by atoms with Crippen LogP contribution >= 0.6 is 0 Å². The molecule has 0 fully saturated rings. The molecule has 0 radical (unpaired) electrons. The molecule has 21 heavy (non-hydrogen) atoms. The summed E-state index contributed by atoms with van der Waals surface area (Å²) in [4.78, 5) is 18.5. The van der Waals surface area contributed by atoms with E-state index in [1.165, 1.54) is 0 Å². The van der Waals surface area contributed by atoms with Gasteiger partial charge in [0.1, 0.15) is 12.4 Å². The first kappa shape index (κ1) is 12.3. The number of nitrogens with zero attached hydrogens (tertiary/aromatic N) is 3. The number of hydrogen-bond acceptors (Lipinski definition) is 5. The first-order chi connectivity index (χ1) is 10.3. The zero-order valence-electron chi connectivity index (χ0n) is 11.3. The molecule has 2 aliphatic rings. The number of aromatic amines is 1. The van der Waals surface area contributed by atoms with Gasteiger partial charge in [-0.25, -0.2) is 0 Å². The summed E-state index contributed by atoms with van der Waals surface area (Å²) in [6.45, 7) is 2.40. The highest BCUT2D eigenvalue weighted by Crippen LogP contribution is 2.25. The van der Waals surface area contributed by atoms with Gasteiger partial charge in [0.25, 0.3) is 5.91 Å². The van der Waals surface area contributed by atoms with E-state index in [1.807, 2.05) is 6.07 Å². The predicted molar refractivity (Wildman–Crippen MR) is 71.6 cm³/mol. The molecule has 0 aromatic carbocycles. The summed E-state index contributed by atoms with van der Waals surface area (Å²) in [5.41, 5.74) is 3.13. The van der Waals surface area contributed by atoms with E-state index in [4.69, 9.17) is 9.47 Å². The predicted octanol–water partition coefficient (Wildman–Crippen LogP) is 0.870. The molecule has 108 valence electrons. The van der Waals surface area contributed by atoms with Gasteiger partial charge >= 0.3 is 0 Å². The molecule has 4 heterocycles. The van der Waals surface area contributed by atoms with Crippen LogP contribution < -0.4 is 4.74 Å². The Morgan fingerprint density at radius 1 is 1.38 bits per heavy atom. The van der Waals surface area contributed by atoms with Crippen LogP contribution in [0.1, 0.15) is 27.3 Å². The zero-order chi connectivity index (χ0) is 14.2. The van der Waals surface area contributed by atoms with Gasteiger partial charge in [0.15, 0.2) is 5.69 Å². The first-order valence-corrected chi connectivity index (χ1v) is 6.82. The molecule has 4 rings (SSSR count). The van der Waals surface area contributed by atoms with Gasteiger partial charge in [-0.15, -0.1) is 0 Å². The Bertz CT molecular complexity index is 697. The van der Waals surface area contributed by atoms with Gasteiger partial charge in [-0.1, -0.05) is 0 Å². The zero-order valence-corrected chi connectivity index (χ0v) is 11.3. The lowest BCUT2D eigenvalue weighted by Gasteiger charge is -2.18. The van der Waals surface area contributed by atoms with E-state index in [0.29, 0.717) is 38.6 Å². The molecule has 2 aliphatic heterocycles. The summed E-state index contributed by atoms with van der Waals surface area (Å²) in [7, 11) is 0. The Balaban J connectivity index is 1.63. The third kappa shape index (κ3) is 2.06. The van der Waals surface area contributed by atoms with E-state index in [2.05, 4.69) is 15.2 Å². The number of rotatable bonds is 1. The number of ether oxygens (including phenoxy) is 2. The third-order valence-corrected chi connectivity index (χ3v) is 3.77. The van der Waals surface area contributed by atoms with Crippen LogP contribution in [0.4, 0.5) is 0 Å². The maximum atomic E-state index is 12.7.